The molecule has 164 valence electrons. The number of aryl methyl sites for hydroxylation is 1. The summed E-state index contributed by atoms with van der Waals surface area (Å²) in [7, 11) is 0. The first kappa shape index (κ1) is 20.4. The van der Waals surface area contributed by atoms with Crippen LogP contribution in [0.25, 0.3) is 10.1 Å². The van der Waals surface area contributed by atoms with Gasteiger partial charge in [-0.25, -0.2) is 0 Å². The highest BCUT2D eigenvalue weighted by atomic mass is 32.1. The maximum Gasteiger partial charge on any atom is 0.276 e. The summed E-state index contributed by atoms with van der Waals surface area (Å²) in [6.45, 7) is 2.87. The Kier molecular flexibility index (Phi) is 5.26. The molecule has 0 aliphatic carbocycles. The van der Waals surface area contributed by atoms with Gasteiger partial charge in [-0.2, -0.15) is 5.10 Å². The van der Waals surface area contributed by atoms with Crippen molar-refractivity contribution in [3.05, 3.63) is 70.2 Å². The fraction of sp³-hybridized carbons (Fsp3) is 0.304. The van der Waals surface area contributed by atoms with E-state index in [2.05, 4.69) is 10.3 Å². The van der Waals surface area contributed by atoms with Crippen LogP contribution in [0.3, 0.4) is 0 Å². The summed E-state index contributed by atoms with van der Waals surface area (Å²) < 4.78 is 8.15. The van der Waals surface area contributed by atoms with Crippen LogP contribution < -0.4 is 5.73 Å². The number of hydrogen-bond acceptors (Lipinski definition) is 6. The summed E-state index contributed by atoms with van der Waals surface area (Å²) in [5, 5.41) is 9.35. The van der Waals surface area contributed by atoms with Gasteiger partial charge >= 0.3 is 0 Å². The number of carbonyl (C=O) groups excluding carboxylic acids is 2. The third-order valence-electron chi connectivity index (χ3n) is 6.07. The number of primary amides is 1. The predicted octanol–water partition coefficient (Wildman–Crippen LogP) is 3.39. The van der Waals surface area contributed by atoms with Gasteiger partial charge in [-0.1, -0.05) is 23.4 Å². The van der Waals surface area contributed by atoms with Crippen molar-refractivity contribution < 1.29 is 14.1 Å². The second-order valence-electron chi connectivity index (χ2n) is 8.04. The van der Waals surface area contributed by atoms with Crippen LogP contribution in [0.2, 0.25) is 0 Å². The lowest BCUT2D eigenvalue weighted by molar-refractivity contribution is 0.0725. The quantitative estimate of drug-likeness (QED) is 0.486. The SMILES string of the molecule is Cc1onc(C(=O)N2CCCC2Cc2c(C(N)=O)sc3ccccc23)c1Cn1cccn1. The molecule has 32 heavy (non-hydrogen) atoms. The number of nitrogens with zero attached hydrogens (tertiary/aromatic N) is 4. The lowest BCUT2D eigenvalue weighted by Gasteiger charge is -2.24. The van der Waals surface area contributed by atoms with Crippen LogP contribution in [0.4, 0.5) is 0 Å². The third kappa shape index (κ3) is 3.58. The van der Waals surface area contributed by atoms with Gasteiger partial charge in [-0.05, 0) is 49.3 Å². The van der Waals surface area contributed by atoms with E-state index >= 15 is 0 Å². The van der Waals surface area contributed by atoms with Crippen LogP contribution in [0.5, 0.6) is 0 Å². The van der Waals surface area contributed by atoms with Gasteiger partial charge in [0.1, 0.15) is 5.76 Å². The average Bonchev–Trinajstić information content (AvgIpc) is 3.57. The summed E-state index contributed by atoms with van der Waals surface area (Å²) in [5.74, 6) is 0.0387. The molecule has 3 aromatic heterocycles. The molecule has 8 nitrogen and oxygen atoms in total. The Hall–Kier alpha value is -3.46. The minimum atomic E-state index is -0.425. The summed E-state index contributed by atoms with van der Waals surface area (Å²) in [6, 6.07) is 9.72. The first-order valence-electron chi connectivity index (χ1n) is 10.6. The number of amides is 2. The zero-order chi connectivity index (χ0) is 22.2. The Bertz CT molecular complexity index is 1290. The summed E-state index contributed by atoms with van der Waals surface area (Å²) in [6.07, 6.45) is 5.88. The van der Waals surface area contributed by atoms with Crippen molar-refractivity contribution >= 4 is 33.2 Å². The first-order valence-corrected chi connectivity index (χ1v) is 11.4. The van der Waals surface area contributed by atoms with Crippen LogP contribution in [-0.2, 0) is 13.0 Å². The van der Waals surface area contributed by atoms with Gasteiger partial charge in [0, 0.05) is 35.2 Å². The number of aromatic nitrogens is 3. The minimum absolute atomic E-state index is 0.0341. The van der Waals surface area contributed by atoms with E-state index in [9.17, 15) is 9.59 Å². The van der Waals surface area contributed by atoms with Crippen LogP contribution in [-0.4, -0.2) is 44.2 Å². The largest absolute Gasteiger partial charge is 0.365 e. The number of benzene rings is 1. The van der Waals surface area contributed by atoms with E-state index in [1.807, 2.05) is 41.4 Å². The molecule has 0 spiro atoms. The molecule has 0 radical (unpaired) electrons. The number of fused-ring (bicyclic) bond motifs is 1. The van der Waals surface area contributed by atoms with E-state index in [1.165, 1.54) is 11.3 Å². The smallest absolute Gasteiger partial charge is 0.276 e. The summed E-state index contributed by atoms with van der Waals surface area (Å²) >= 11 is 1.41. The molecule has 1 aliphatic heterocycles. The first-order chi connectivity index (χ1) is 15.5. The van der Waals surface area contributed by atoms with Gasteiger partial charge in [-0.3, -0.25) is 14.3 Å². The fourth-order valence-electron chi connectivity index (χ4n) is 4.49. The van der Waals surface area contributed by atoms with Gasteiger partial charge in [0.05, 0.1) is 11.4 Å². The Labute approximate surface area is 188 Å². The van der Waals surface area contributed by atoms with Gasteiger partial charge in [0.15, 0.2) is 5.69 Å². The van der Waals surface area contributed by atoms with Gasteiger partial charge < -0.3 is 15.2 Å². The van der Waals surface area contributed by atoms with Crippen molar-refractivity contribution in [2.45, 2.75) is 38.8 Å². The molecule has 2 amide bonds. The Balaban J connectivity index is 1.44. The van der Waals surface area contributed by atoms with E-state index in [0.717, 1.165) is 34.1 Å². The van der Waals surface area contributed by atoms with Crippen LogP contribution >= 0.6 is 11.3 Å². The minimum Gasteiger partial charge on any atom is -0.365 e. The molecular formula is C23H23N5O3S. The van der Waals surface area contributed by atoms with Crippen molar-refractivity contribution in [1.82, 2.24) is 19.8 Å². The van der Waals surface area contributed by atoms with Crippen molar-refractivity contribution in [2.75, 3.05) is 6.54 Å². The van der Waals surface area contributed by atoms with Crippen LogP contribution in [0, 0.1) is 6.92 Å². The van der Waals surface area contributed by atoms with E-state index < -0.39 is 5.91 Å². The Morgan fingerprint density at radius 3 is 2.88 bits per heavy atom. The molecule has 4 aromatic rings. The molecule has 1 aromatic carbocycles. The number of rotatable bonds is 6. The van der Waals surface area contributed by atoms with Crippen molar-refractivity contribution in [1.29, 1.82) is 0 Å². The molecule has 1 unspecified atom stereocenters. The monoisotopic (exact) mass is 449 g/mol. The molecule has 4 heterocycles. The molecule has 2 N–H and O–H groups in total. The third-order valence-corrected chi connectivity index (χ3v) is 7.29. The average molecular weight is 450 g/mol. The molecule has 1 aliphatic rings. The maximum atomic E-state index is 13.5. The van der Waals surface area contributed by atoms with E-state index in [4.69, 9.17) is 10.3 Å². The topological polar surface area (TPSA) is 107 Å². The maximum absolute atomic E-state index is 13.5. The van der Waals surface area contributed by atoms with Gasteiger partial charge in [0.25, 0.3) is 11.8 Å². The molecule has 5 rings (SSSR count). The van der Waals surface area contributed by atoms with Crippen molar-refractivity contribution in [3.63, 3.8) is 0 Å². The normalized spacial score (nSPS) is 16.2. The molecule has 1 saturated heterocycles. The van der Waals surface area contributed by atoms with Gasteiger partial charge in [-0.15, -0.1) is 11.3 Å². The highest BCUT2D eigenvalue weighted by molar-refractivity contribution is 7.21. The number of thiophene rings is 1. The zero-order valence-electron chi connectivity index (χ0n) is 17.7. The number of nitrogens with two attached hydrogens (primary N) is 1. The molecule has 0 bridgehead atoms. The zero-order valence-corrected chi connectivity index (χ0v) is 18.5. The highest BCUT2D eigenvalue weighted by Crippen LogP contribution is 2.34. The van der Waals surface area contributed by atoms with E-state index in [0.29, 0.717) is 35.8 Å². The van der Waals surface area contributed by atoms with Crippen molar-refractivity contribution in [2.24, 2.45) is 5.73 Å². The number of hydrogen-bond donors (Lipinski definition) is 1. The summed E-state index contributed by atoms with van der Waals surface area (Å²) in [4.78, 5) is 28.1. The van der Waals surface area contributed by atoms with E-state index in [-0.39, 0.29) is 11.9 Å². The second kappa shape index (κ2) is 8.23. The number of likely N-dealkylation sites (tertiary alicyclic amines) is 1. The Morgan fingerprint density at radius 2 is 2.09 bits per heavy atom. The number of carbonyl (C=O) groups is 2. The Morgan fingerprint density at radius 1 is 1.25 bits per heavy atom. The fourth-order valence-corrected chi connectivity index (χ4v) is 5.57. The van der Waals surface area contributed by atoms with Gasteiger partial charge in [0.2, 0.25) is 0 Å². The standard InChI is InChI=1S/C23H23N5O3S/c1-14-18(13-27-10-5-9-25-27)20(26-31-14)23(30)28-11-4-6-15(28)12-17-16-7-2-3-8-19(16)32-21(17)22(24)29/h2-3,5,7-10,15H,4,6,11-13H2,1H3,(H2,24,29). The molecule has 1 atom stereocenters. The molecule has 1 fully saturated rings. The van der Waals surface area contributed by atoms with Crippen LogP contribution in [0.1, 0.15) is 49.9 Å². The molecule has 0 saturated carbocycles. The summed E-state index contributed by atoms with van der Waals surface area (Å²) in [5.41, 5.74) is 7.68. The molecular weight excluding hydrogens is 426 g/mol. The second-order valence-corrected chi connectivity index (χ2v) is 9.09. The van der Waals surface area contributed by atoms with Crippen molar-refractivity contribution in [3.8, 4) is 0 Å². The van der Waals surface area contributed by atoms with E-state index in [1.54, 1.807) is 17.8 Å². The lowest BCUT2D eigenvalue weighted by Crippen LogP contribution is -2.37. The molecule has 9 heteroatoms. The van der Waals surface area contributed by atoms with Crippen LogP contribution in [0.15, 0.2) is 47.2 Å². The highest BCUT2D eigenvalue weighted by Gasteiger charge is 2.34. The predicted molar refractivity (Wildman–Crippen MR) is 121 cm³/mol. The lowest BCUT2D eigenvalue weighted by atomic mass is 10.00.